The fourth-order valence-electron chi connectivity index (χ4n) is 5.49. The summed E-state index contributed by atoms with van der Waals surface area (Å²) in [6, 6.07) is 6.79. The Morgan fingerprint density at radius 3 is 2.76 bits per heavy atom. The van der Waals surface area contributed by atoms with Gasteiger partial charge in [0.05, 0.1) is 17.1 Å². The lowest BCUT2D eigenvalue weighted by molar-refractivity contribution is -0.134. The number of rotatable bonds is 3. The maximum atomic E-state index is 12.3. The van der Waals surface area contributed by atoms with E-state index in [0.717, 1.165) is 22.3 Å². The molecule has 3 atom stereocenters. The molecule has 3 fully saturated rings. The average molecular weight is 396 g/mol. The van der Waals surface area contributed by atoms with Crippen LogP contribution in [0.2, 0.25) is 0 Å². The Morgan fingerprint density at radius 2 is 2.07 bits per heavy atom. The minimum atomic E-state index is -0.360. The Hall–Kier alpha value is -2.41. The largest absolute Gasteiger partial charge is 0.382 e. The van der Waals surface area contributed by atoms with Gasteiger partial charge < -0.3 is 10.6 Å². The van der Waals surface area contributed by atoms with Gasteiger partial charge in [0.15, 0.2) is 0 Å². The fourth-order valence-corrected chi connectivity index (χ4v) is 5.49. The average Bonchev–Trinajstić information content (AvgIpc) is 2.98. The number of nitrogens with zero attached hydrogens (tertiary/aromatic N) is 2. The van der Waals surface area contributed by atoms with Gasteiger partial charge in [-0.3, -0.25) is 19.6 Å². The second kappa shape index (κ2) is 6.83. The van der Waals surface area contributed by atoms with Crippen LogP contribution >= 0.6 is 0 Å². The van der Waals surface area contributed by atoms with Gasteiger partial charge in [-0.15, -0.1) is 0 Å². The first kappa shape index (κ1) is 18.6. The van der Waals surface area contributed by atoms with Crippen LogP contribution in [-0.2, 0) is 16.6 Å². The van der Waals surface area contributed by atoms with Crippen molar-refractivity contribution in [1.29, 1.82) is 0 Å². The third kappa shape index (κ3) is 3.21. The molecule has 1 unspecified atom stereocenters. The third-order valence-electron chi connectivity index (χ3n) is 7.23. The van der Waals surface area contributed by atoms with Gasteiger partial charge in [-0.05, 0) is 55.2 Å². The van der Waals surface area contributed by atoms with E-state index in [1.54, 1.807) is 0 Å². The van der Waals surface area contributed by atoms with Crippen LogP contribution in [0, 0.1) is 11.3 Å². The maximum absolute atomic E-state index is 12.3. The second-order valence-corrected chi connectivity index (χ2v) is 9.32. The number of imide groups is 1. The number of piperidine rings is 1. The van der Waals surface area contributed by atoms with Gasteiger partial charge >= 0.3 is 0 Å². The Morgan fingerprint density at radius 1 is 1.24 bits per heavy atom. The molecule has 154 valence electrons. The summed E-state index contributed by atoms with van der Waals surface area (Å²) in [6.45, 7) is 4.71. The number of carbonyl (C=O) groups excluding carboxylic acids is 2. The van der Waals surface area contributed by atoms with Crippen LogP contribution in [0.4, 0.5) is 5.69 Å². The normalized spacial score (nSPS) is 29.0. The quantitative estimate of drug-likeness (QED) is 0.694. The summed E-state index contributed by atoms with van der Waals surface area (Å²) in [6.07, 6.45) is 4.66. The number of carbonyl (C=O) groups is 2. The number of hydrogen-bond donors (Lipinski definition) is 3. The van der Waals surface area contributed by atoms with Crippen molar-refractivity contribution in [2.24, 2.45) is 18.4 Å². The predicted molar refractivity (Wildman–Crippen MR) is 112 cm³/mol. The topological polar surface area (TPSA) is 88.1 Å². The molecular formula is C22H29N5O2. The highest BCUT2D eigenvalue weighted by atomic mass is 16.2. The van der Waals surface area contributed by atoms with Crippen molar-refractivity contribution in [3.05, 3.63) is 23.9 Å². The number of hydrogen-bond acceptors (Lipinski definition) is 5. The summed E-state index contributed by atoms with van der Waals surface area (Å²) in [4.78, 5) is 23.8. The number of aromatic nitrogens is 2. The third-order valence-corrected chi connectivity index (χ3v) is 7.23. The zero-order valence-corrected chi connectivity index (χ0v) is 17.1. The van der Waals surface area contributed by atoms with E-state index >= 15 is 0 Å². The van der Waals surface area contributed by atoms with Gasteiger partial charge in [0.2, 0.25) is 11.8 Å². The molecule has 1 saturated carbocycles. The van der Waals surface area contributed by atoms with E-state index in [9.17, 15) is 9.59 Å². The minimum absolute atomic E-state index is 0.195. The standard InChI is InChI=1S/C22H29N5O2/c1-13-10-22(11-23-12-22)8-7-17(13)24-14-3-4-15-18(9-14)27(2)26-20(15)16-5-6-19(28)25-21(16)29/h3-4,9,13,16-17,23-24H,5-8,10-12H2,1-2H3,(H,25,28,29)/t13-,16?,17+/m0/s1. The van der Waals surface area contributed by atoms with Crippen LogP contribution < -0.4 is 16.0 Å². The molecule has 2 aromatic rings. The van der Waals surface area contributed by atoms with Crippen molar-refractivity contribution in [2.75, 3.05) is 18.4 Å². The molecule has 2 amide bonds. The first-order valence-corrected chi connectivity index (χ1v) is 10.7. The van der Waals surface area contributed by atoms with Crippen molar-refractivity contribution < 1.29 is 9.59 Å². The van der Waals surface area contributed by atoms with Crippen LogP contribution in [0.3, 0.4) is 0 Å². The van der Waals surface area contributed by atoms with Crippen LogP contribution in [0.15, 0.2) is 18.2 Å². The smallest absolute Gasteiger partial charge is 0.235 e. The van der Waals surface area contributed by atoms with Gasteiger partial charge in [-0.25, -0.2) is 0 Å². The number of fused-ring (bicyclic) bond motifs is 1. The summed E-state index contributed by atoms with van der Waals surface area (Å²) in [5, 5.41) is 15.3. The molecule has 1 aromatic heterocycles. The summed E-state index contributed by atoms with van der Waals surface area (Å²) in [5.41, 5.74) is 3.43. The molecule has 2 aliphatic heterocycles. The Kier molecular flexibility index (Phi) is 4.38. The Balaban J connectivity index is 1.36. The molecule has 5 rings (SSSR count). The number of amides is 2. The highest BCUT2D eigenvalue weighted by molar-refractivity contribution is 6.02. The molecule has 2 saturated heterocycles. The summed E-state index contributed by atoms with van der Waals surface area (Å²) < 4.78 is 1.85. The highest BCUT2D eigenvalue weighted by Crippen LogP contribution is 2.43. The molecule has 7 heteroatoms. The molecule has 1 spiro atoms. The first-order valence-electron chi connectivity index (χ1n) is 10.7. The van der Waals surface area contributed by atoms with Gasteiger partial charge in [-0.2, -0.15) is 5.10 Å². The van der Waals surface area contributed by atoms with Gasteiger partial charge in [0, 0.05) is 43.7 Å². The molecule has 7 nitrogen and oxygen atoms in total. The maximum Gasteiger partial charge on any atom is 0.235 e. The molecule has 3 heterocycles. The first-order chi connectivity index (χ1) is 13.9. The lowest BCUT2D eigenvalue weighted by atomic mass is 9.65. The molecule has 3 N–H and O–H groups in total. The molecule has 1 aromatic carbocycles. The minimum Gasteiger partial charge on any atom is -0.382 e. The molecule has 1 aliphatic carbocycles. The number of nitrogens with one attached hydrogen (secondary N) is 3. The predicted octanol–water partition coefficient (Wildman–Crippen LogP) is 2.28. The number of benzene rings is 1. The van der Waals surface area contributed by atoms with E-state index in [-0.39, 0.29) is 17.7 Å². The van der Waals surface area contributed by atoms with Crippen molar-refractivity contribution in [3.63, 3.8) is 0 Å². The van der Waals surface area contributed by atoms with Crippen LogP contribution in [0.1, 0.15) is 50.6 Å². The summed E-state index contributed by atoms with van der Waals surface area (Å²) in [5.74, 6) is -0.147. The molecule has 0 bridgehead atoms. The van der Waals surface area contributed by atoms with Crippen molar-refractivity contribution in [1.82, 2.24) is 20.4 Å². The number of anilines is 1. The zero-order valence-electron chi connectivity index (χ0n) is 17.1. The number of aryl methyl sites for hydroxylation is 1. The van der Waals surface area contributed by atoms with Crippen molar-refractivity contribution in [3.8, 4) is 0 Å². The van der Waals surface area contributed by atoms with E-state index in [2.05, 4.69) is 46.2 Å². The molecule has 3 aliphatic rings. The van der Waals surface area contributed by atoms with E-state index in [1.807, 2.05) is 11.7 Å². The van der Waals surface area contributed by atoms with Gasteiger partial charge in [0.25, 0.3) is 0 Å². The monoisotopic (exact) mass is 395 g/mol. The van der Waals surface area contributed by atoms with Crippen LogP contribution in [0.25, 0.3) is 10.9 Å². The highest BCUT2D eigenvalue weighted by Gasteiger charge is 2.43. The lowest BCUT2D eigenvalue weighted by Gasteiger charge is -2.50. The summed E-state index contributed by atoms with van der Waals surface area (Å²) >= 11 is 0. The van der Waals surface area contributed by atoms with Gasteiger partial charge in [-0.1, -0.05) is 6.92 Å². The van der Waals surface area contributed by atoms with Crippen LogP contribution in [0.5, 0.6) is 0 Å². The molecule has 29 heavy (non-hydrogen) atoms. The van der Waals surface area contributed by atoms with Gasteiger partial charge in [0.1, 0.15) is 0 Å². The lowest BCUT2D eigenvalue weighted by Crippen LogP contribution is -2.57. The zero-order chi connectivity index (χ0) is 20.2. The Bertz CT molecular complexity index is 977. The Labute approximate surface area is 170 Å². The summed E-state index contributed by atoms with van der Waals surface area (Å²) in [7, 11) is 1.91. The molecule has 0 radical (unpaired) electrons. The van der Waals surface area contributed by atoms with E-state index in [0.29, 0.717) is 30.2 Å². The fraction of sp³-hybridized carbons (Fsp3) is 0.591. The second-order valence-electron chi connectivity index (χ2n) is 9.32. The van der Waals surface area contributed by atoms with E-state index in [4.69, 9.17) is 0 Å². The van der Waals surface area contributed by atoms with Crippen LogP contribution in [-0.4, -0.2) is 40.7 Å². The molecular weight excluding hydrogens is 366 g/mol. The van der Waals surface area contributed by atoms with E-state index in [1.165, 1.54) is 32.4 Å². The SMILES string of the molecule is C[C@H]1CC2(CC[C@H]1Nc1ccc3c(C4CCC(=O)NC4=O)nn(C)c3c1)CNC2. The van der Waals surface area contributed by atoms with E-state index < -0.39 is 0 Å². The van der Waals surface area contributed by atoms with Crippen molar-refractivity contribution >= 4 is 28.4 Å². The van der Waals surface area contributed by atoms with Crippen molar-refractivity contribution in [2.45, 2.75) is 51.0 Å².